The van der Waals surface area contributed by atoms with Crippen LogP contribution in [0.25, 0.3) is 0 Å². The molecule has 31 heavy (non-hydrogen) atoms. The molecule has 1 nitrogen and oxygen atoms in total. The average Bonchev–Trinajstić information content (AvgIpc) is 3.53. The standard InChI is InChI=1S/C17H18N.3C4H9.Sn/c1-2-13-18-16(14-9-5-3-6-10-14)17(18)15-11-7-4-8-12-15;3*1-3-4-2;/h3-11,16-17H,2,13H2,1H3;3*1,3-4H2,2H3;/t16-,17-,18?;;;;/m0..../s1. The Morgan fingerprint density at radius 2 is 1.19 bits per heavy atom. The van der Waals surface area contributed by atoms with Crippen LogP contribution in [-0.4, -0.2) is 29.8 Å². The molecule has 0 spiro atoms. The van der Waals surface area contributed by atoms with Crippen LogP contribution < -0.4 is 3.58 Å². The molecule has 1 aliphatic rings. The topological polar surface area (TPSA) is 3.01 Å². The third-order valence-corrected chi connectivity index (χ3v) is 23.2. The molecule has 1 aliphatic heterocycles. The Morgan fingerprint density at radius 3 is 1.74 bits per heavy atom. The summed E-state index contributed by atoms with van der Waals surface area (Å²) in [7, 11) is 0. The average molecular weight is 526 g/mol. The SMILES string of the molecule is CCC[CH2][Sn]([CH2]CCC)([CH2]CCC)[c]1ccccc1[C@H]1[C@H](c2ccccc2)N1CCC. The zero-order chi connectivity index (χ0) is 22.1. The Bertz CT molecular complexity index is 750. The van der Waals surface area contributed by atoms with Gasteiger partial charge in [0.1, 0.15) is 0 Å². The fourth-order valence-electron chi connectivity index (χ4n) is 5.75. The first kappa shape index (κ1) is 24.8. The van der Waals surface area contributed by atoms with Gasteiger partial charge in [0.25, 0.3) is 0 Å². The predicted octanol–water partition coefficient (Wildman–Crippen LogP) is 8.25. The van der Waals surface area contributed by atoms with Gasteiger partial charge in [-0.1, -0.05) is 0 Å². The summed E-state index contributed by atoms with van der Waals surface area (Å²) in [6, 6.07) is 22.2. The molecule has 1 heterocycles. The van der Waals surface area contributed by atoms with Gasteiger partial charge in [0, 0.05) is 0 Å². The third-order valence-electron chi connectivity index (χ3n) is 7.42. The molecule has 3 atom stereocenters. The van der Waals surface area contributed by atoms with Crippen molar-refractivity contribution in [1.82, 2.24) is 4.90 Å². The Morgan fingerprint density at radius 1 is 0.645 bits per heavy atom. The minimum absolute atomic E-state index is 0.579. The molecule has 2 aromatic rings. The van der Waals surface area contributed by atoms with Crippen LogP contribution >= 0.6 is 0 Å². The summed E-state index contributed by atoms with van der Waals surface area (Å²) in [5.41, 5.74) is 3.22. The second-order valence-electron chi connectivity index (χ2n) is 9.72. The van der Waals surface area contributed by atoms with Gasteiger partial charge in [0.05, 0.1) is 0 Å². The molecule has 0 aliphatic carbocycles. The second-order valence-corrected chi connectivity index (χ2v) is 22.8. The van der Waals surface area contributed by atoms with E-state index < -0.39 is 18.4 Å². The summed E-state index contributed by atoms with van der Waals surface area (Å²) in [6.07, 6.45) is 9.57. The van der Waals surface area contributed by atoms with Crippen molar-refractivity contribution in [3.8, 4) is 0 Å². The molecule has 0 aromatic heterocycles. The molecule has 1 fully saturated rings. The van der Waals surface area contributed by atoms with E-state index in [1.54, 1.807) is 18.9 Å². The van der Waals surface area contributed by atoms with Gasteiger partial charge in [-0.2, -0.15) is 0 Å². The molecule has 2 heteroatoms. The van der Waals surface area contributed by atoms with E-state index in [2.05, 4.69) is 87.2 Å². The van der Waals surface area contributed by atoms with Crippen LogP contribution in [0.3, 0.4) is 0 Å². The van der Waals surface area contributed by atoms with Gasteiger partial charge < -0.3 is 0 Å². The van der Waals surface area contributed by atoms with Gasteiger partial charge in [-0.15, -0.1) is 0 Å². The Balaban J connectivity index is 2.02. The fourth-order valence-corrected chi connectivity index (χ4v) is 22.7. The molecule has 0 bridgehead atoms. The van der Waals surface area contributed by atoms with Gasteiger partial charge in [0.15, 0.2) is 0 Å². The second kappa shape index (κ2) is 12.4. The molecular formula is C29H45NSn. The number of hydrogen-bond donors (Lipinski definition) is 0. The van der Waals surface area contributed by atoms with Crippen LogP contribution in [0.2, 0.25) is 13.3 Å². The molecule has 3 rings (SSSR count). The van der Waals surface area contributed by atoms with Gasteiger partial charge in [0.2, 0.25) is 0 Å². The van der Waals surface area contributed by atoms with E-state index in [0.717, 1.165) is 0 Å². The Kier molecular flexibility index (Phi) is 9.97. The Labute approximate surface area is 196 Å². The molecule has 0 amide bonds. The fraction of sp³-hybridized carbons (Fsp3) is 0.586. The number of unbranched alkanes of at least 4 members (excludes halogenated alkanes) is 3. The van der Waals surface area contributed by atoms with E-state index in [4.69, 9.17) is 0 Å². The number of hydrogen-bond acceptors (Lipinski definition) is 1. The first-order chi connectivity index (χ1) is 15.2. The quantitative estimate of drug-likeness (QED) is 0.177. The van der Waals surface area contributed by atoms with Gasteiger partial charge >= 0.3 is 197 Å². The summed E-state index contributed by atoms with van der Waals surface area (Å²) in [4.78, 5) is 2.77. The van der Waals surface area contributed by atoms with E-state index >= 15 is 0 Å². The van der Waals surface area contributed by atoms with Crippen LogP contribution in [-0.2, 0) is 0 Å². The van der Waals surface area contributed by atoms with Gasteiger partial charge in [-0.3, -0.25) is 0 Å². The first-order valence-corrected chi connectivity index (χ1v) is 20.6. The summed E-state index contributed by atoms with van der Waals surface area (Å²) < 4.78 is 6.55. The normalized spacial score (nSPS) is 20.7. The van der Waals surface area contributed by atoms with Crippen molar-refractivity contribution in [3.63, 3.8) is 0 Å². The van der Waals surface area contributed by atoms with Crippen LogP contribution in [0.15, 0.2) is 54.6 Å². The van der Waals surface area contributed by atoms with Gasteiger partial charge in [-0.25, -0.2) is 0 Å². The van der Waals surface area contributed by atoms with Crippen LogP contribution in [0.5, 0.6) is 0 Å². The minimum atomic E-state index is -2.46. The van der Waals surface area contributed by atoms with E-state index in [-0.39, 0.29) is 0 Å². The van der Waals surface area contributed by atoms with Crippen molar-refractivity contribution >= 4 is 22.0 Å². The molecule has 1 saturated heterocycles. The van der Waals surface area contributed by atoms with Crippen molar-refractivity contribution in [2.24, 2.45) is 0 Å². The van der Waals surface area contributed by atoms with Crippen molar-refractivity contribution in [2.45, 2.75) is 98.0 Å². The molecule has 0 radical (unpaired) electrons. The zero-order valence-corrected chi connectivity index (χ0v) is 23.4. The van der Waals surface area contributed by atoms with Crippen LogP contribution in [0, 0.1) is 0 Å². The number of rotatable bonds is 14. The van der Waals surface area contributed by atoms with Crippen LogP contribution in [0.1, 0.15) is 95.9 Å². The monoisotopic (exact) mass is 527 g/mol. The summed E-state index contributed by atoms with van der Waals surface area (Å²) >= 11 is -2.46. The van der Waals surface area contributed by atoms with Crippen molar-refractivity contribution in [1.29, 1.82) is 0 Å². The maximum atomic E-state index is 2.77. The Hall–Kier alpha value is -0.801. The van der Waals surface area contributed by atoms with Crippen molar-refractivity contribution < 1.29 is 0 Å². The molecule has 0 saturated carbocycles. The van der Waals surface area contributed by atoms with E-state index in [1.807, 2.05) is 3.58 Å². The maximum absolute atomic E-state index is 2.77. The number of benzene rings is 2. The first-order valence-electron chi connectivity index (χ1n) is 13.1. The summed E-state index contributed by atoms with van der Waals surface area (Å²) in [6.45, 7) is 10.7. The number of nitrogens with zero attached hydrogens (tertiary/aromatic N) is 1. The zero-order valence-electron chi connectivity index (χ0n) is 20.6. The van der Waals surface area contributed by atoms with E-state index in [0.29, 0.717) is 12.1 Å². The summed E-state index contributed by atoms with van der Waals surface area (Å²) in [5.74, 6) is 0. The van der Waals surface area contributed by atoms with Gasteiger partial charge in [-0.05, 0) is 0 Å². The summed E-state index contributed by atoms with van der Waals surface area (Å²) in [5, 5.41) is 0. The molecule has 1 unspecified atom stereocenters. The van der Waals surface area contributed by atoms with Crippen LogP contribution in [0.4, 0.5) is 0 Å². The molecule has 0 N–H and O–H groups in total. The van der Waals surface area contributed by atoms with Crippen molar-refractivity contribution in [2.75, 3.05) is 6.54 Å². The molecule has 170 valence electrons. The van der Waals surface area contributed by atoms with Crippen molar-refractivity contribution in [3.05, 3.63) is 65.7 Å². The molecule has 2 aromatic carbocycles. The molecular weight excluding hydrogens is 481 g/mol. The van der Waals surface area contributed by atoms with E-state index in [1.165, 1.54) is 57.1 Å². The third kappa shape index (κ3) is 5.96. The van der Waals surface area contributed by atoms with E-state index in [9.17, 15) is 0 Å². The predicted molar refractivity (Wildman–Crippen MR) is 140 cm³/mol.